The summed E-state index contributed by atoms with van der Waals surface area (Å²) < 4.78 is 3.68. The molecular formula is C54H70N10O4. The third-order valence-electron chi connectivity index (χ3n) is 14.2. The van der Waals surface area contributed by atoms with Crippen LogP contribution in [0.5, 0.6) is 0 Å². The van der Waals surface area contributed by atoms with Gasteiger partial charge < -0.3 is 21.3 Å². The topological polar surface area (TPSA) is 178 Å². The van der Waals surface area contributed by atoms with Crippen molar-refractivity contribution in [2.45, 2.75) is 157 Å². The molecule has 2 aliphatic rings. The van der Waals surface area contributed by atoms with Gasteiger partial charge in [-0.15, -0.1) is 0 Å². The zero-order chi connectivity index (χ0) is 48.6. The van der Waals surface area contributed by atoms with Crippen molar-refractivity contribution in [2.24, 2.45) is 11.8 Å². The lowest BCUT2D eigenvalue weighted by molar-refractivity contribution is -0.122. The van der Waals surface area contributed by atoms with Crippen molar-refractivity contribution in [2.75, 3.05) is 10.6 Å². The van der Waals surface area contributed by atoms with E-state index in [1.54, 1.807) is 38.6 Å². The first-order chi connectivity index (χ1) is 32.7. The molecule has 2 amide bonds. The van der Waals surface area contributed by atoms with Crippen molar-refractivity contribution >= 4 is 56.8 Å². The normalized spacial score (nSPS) is 19.1. The Morgan fingerprint density at radius 3 is 1.50 bits per heavy atom. The zero-order valence-electron chi connectivity index (χ0n) is 41.4. The highest BCUT2D eigenvalue weighted by molar-refractivity contribution is 6.07. The van der Waals surface area contributed by atoms with E-state index in [0.717, 1.165) is 102 Å². The minimum Gasteiger partial charge on any atom is -0.381 e. The van der Waals surface area contributed by atoms with Gasteiger partial charge in [-0.3, -0.25) is 19.2 Å². The number of aromatic nitrogens is 6. The first-order valence-corrected chi connectivity index (χ1v) is 24.7. The molecule has 0 unspecified atom stereocenters. The molecule has 2 fully saturated rings. The van der Waals surface area contributed by atoms with Crippen molar-refractivity contribution in [3.63, 3.8) is 0 Å². The van der Waals surface area contributed by atoms with Gasteiger partial charge in [-0.05, 0) is 130 Å². The van der Waals surface area contributed by atoms with Crippen LogP contribution in [0.4, 0.5) is 11.4 Å². The number of hydrogen-bond acceptors (Lipinski definition) is 10. The first-order valence-electron chi connectivity index (χ1n) is 24.7. The number of fused-ring (bicyclic) bond motifs is 2. The summed E-state index contributed by atoms with van der Waals surface area (Å²) in [6.45, 7) is 19.1. The Kier molecular flexibility index (Phi) is 16.1. The molecule has 0 radical (unpaired) electrons. The third kappa shape index (κ3) is 11.3. The van der Waals surface area contributed by atoms with E-state index in [9.17, 15) is 19.2 Å². The minimum atomic E-state index is -0.165. The molecule has 2 saturated carbocycles. The van der Waals surface area contributed by atoms with Crippen LogP contribution in [-0.2, 0) is 22.7 Å². The second-order valence-corrected chi connectivity index (χ2v) is 19.0. The lowest BCUT2D eigenvalue weighted by Gasteiger charge is -2.29. The number of anilines is 2. The number of ketones is 2. The standard InChI is InChI=1S/C28H37N5O2.C26H33N5O2/c1-6-25(22-13-8-17(3)14-18(22)4)32-28(35)24-15-29-27-23(16-30-33(27)7-2)26(24)31-21-11-9-20(10-12-21)19(5)34;1-5-31-25-22(15-28-31)24(30-21-12-10-20(11-13-21)18(4)32)23(14-27-25)26(33)29-17(3)19-8-6-16(2)7-9-19/h8,13-16,20-21,25H,6-7,9-12H2,1-5H3,(H,29,31)(H,32,35);6-9,14-15,17,20-21H,5,10-13H2,1-4H3,(H,27,30)(H,29,33)/t20?,21?,25-;17-,20?,21?/m11/s1. The number of benzene rings is 2. The van der Waals surface area contributed by atoms with Crippen molar-refractivity contribution in [3.05, 3.63) is 106 Å². The SMILES string of the molecule is CC[C@@H](NC(=O)c1cnc2c(cnn2CC)c1NC1CCC(C(C)=O)CC1)c1ccc(C)cc1C.CCn1ncc2c(NC3CCC(C(C)=O)CC3)c(C(=O)N[C@H](C)c3ccc(C)cc3)cnc21. The summed E-state index contributed by atoms with van der Waals surface area (Å²) in [5.41, 5.74) is 9.91. The molecule has 6 aromatic rings. The number of nitrogens with zero attached hydrogens (tertiary/aromatic N) is 6. The molecule has 0 saturated heterocycles. The Hall–Kier alpha value is -6.44. The van der Waals surface area contributed by atoms with Crippen LogP contribution in [-0.4, -0.2) is 65.0 Å². The highest BCUT2D eigenvalue weighted by Gasteiger charge is 2.29. The summed E-state index contributed by atoms with van der Waals surface area (Å²) in [6, 6.07) is 14.7. The van der Waals surface area contributed by atoms with Gasteiger partial charge in [0.2, 0.25) is 0 Å². The van der Waals surface area contributed by atoms with Crippen LogP contribution in [0.15, 0.2) is 67.3 Å². The molecule has 0 spiro atoms. The maximum Gasteiger partial charge on any atom is 0.255 e. The van der Waals surface area contributed by atoms with E-state index in [2.05, 4.69) is 92.5 Å². The van der Waals surface area contributed by atoms with Crippen LogP contribution in [0.2, 0.25) is 0 Å². The highest BCUT2D eigenvalue weighted by Crippen LogP contribution is 2.34. The zero-order valence-corrected chi connectivity index (χ0v) is 41.4. The monoisotopic (exact) mass is 923 g/mol. The number of nitrogens with one attached hydrogen (secondary N) is 4. The predicted molar refractivity (Wildman–Crippen MR) is 270 cm³/mol. The Balaban J connectivity index is 0.000000202. The molecule has 4 N–H and O–H groups in total. The first kappa shape index (κ1) is 49.5. The molecule has 2 atom stereocenters. The number of carbonyl (C=O) groups excluding carboxylic acids is 4. The molecule has 14 heteroatoms. The molecule has 360 valence electrons. The second kappa shape index (κ2) is 22.1. The fourth-order valence-electron chi connectivity index (χ4n) is 9.93. The Bertz CT molecular complexity index is 2740. The summed E-state index contributed by atoms with van der Waals surface area (Å²) in [4.78, 5) is 59.7. The van der Waals surface area contributed by atoms with E-state index < -0.39 is 0 Å². The van der Waals surface area contributed by atoms with E-state index in [4.69, 9.17) is 0 Å². The minimum absolute atomic E-state index is 0.0870. The number of Topliss-reactive ketones (excluding diaryl/α,β-unsaturated/α-hetero) is 2. The van der Waals surface area contributed by atoms with Gasteiger partial charge in [0.05, 0.1) is 57.8 Å². The molecule has 2 aliphatic carbocycles. The van der Waals surface area contributed by atoms with Crippen LogP contribution in [0, 0.1) is 32.6 Å². The van der Waals surface area contributed by atoms with Gasteiger partial charge in [0.25, 0.3) is 11.8 Å². The Morgan fingerprint density at radius 1 is 0.618 bits per heavy atom. The summed E-state index contributed by atoms with van der Waals surface area (Å²) in [7, 11) is 0. The van der Waals surface area contributed by atoms with Gasteiger partial charge >= 0.3 is 0 Å². The number of pyridine rings is 2. The van der Waals surface area contributed by atoms with Crippen LogP contribution >= 0.6 is 0 Å². The lowest BCUT2D eigenvalue weighted by atomic mass is 9.84. The number of carbonyl (C=O) groups is 4. The molecule has 0 aliphatic heterocycles. The number of amides is 2. The molecule has 0 bridgehead atoms. The van der Waals surface area contributed by atoms with Crippen molar-refractivity contribution in [1.29, 1.82) is 0 Å². The van der Waals surface area contributed by atoms with Crippen molar-refractivity contribution in [3.8, 4) is 0 Å². The number of aryl methyl sites for hydroxylation is 5. The molecule has 4 heterocycles. The van der Waals surface area contributed by atoms with E-state index in [-0.39, 0.29) is 59.4 Å². The molecule has 68 heavy (non-hydrogen) atoms. The van der Waals surface area contributed by atoms with E-state index in [1.165, 1.54) is 16.7 Å². The Morgan fingerprint density at radius 2 is 1.07 bits per heavy atom. The van der Waals surface area contributed by atoms with Crippen LogP contribution in [0.3, 0.4) is 0 Å². The van der Waals surface area contributed by atoms with Gasteiger partial charge in [0, 0.05) is 49.4 Å². The fourth-order valence-corrected chi connectivity index (χ4v) is 9.93. The Labute approximate surface area is 400 Å². The van der Waals surface area contributed by atoms with Crippen molar-refractivity contribution < 1.29 is 19.2 Å². The van der Waals surface area contributed by atoms with E-state index in [0.29, 0.717) is 24.2 Å². The highest BCUT2D eigenvalue weighted by atomic mass is 16.2. The molecule has 2 aromatic carbocycles. The summed E-state index contributed by atoms with van der Waals surface area (Å²) in [6.07, 6.45) is 14.8. The van der Waals surface area contributed by atoms with Gasteiger partial charge in [-0.2, -0.15) is 10.2 Å². The predicted octanol–water partition coefficient (Wildman–Crippen LogP) is 10.3. The van der Waals surface area contributed by atoms with Crippen LogP contribution < -0.4 is 21.3 Å². The summed E-state index contributed by atoms with van der Waals surface area (Å²) in [5.74, 6) is 0.544. The number of hydrogen-bond donors (Lipinski definition) is 4. The van der Waals surface area contributed by atoms with Gasteiger partial charge in [0.15, 0.2) is 11.3 Å². The van der Waals surface area contributed by atoms with Gasteiger partial charge in [-0.1, -0.05) is 60.5 Å². The van der Waals surface area contributed by atoms with Gasteiger partial charge in [0.1, 0.15) is 11.6 Å². The summed E-state index contributed by atoms with van der Waals surface area (Å²) in [5, 5.41) is 24.3. The summed E-state index contributed by atoms with van der Waals surface area (Å²) >= 11 is 0. The quantitative estimate of drug-likeness (QED) is 0.0775. The van der Waals surface area contributed by atoms with Crippen molar-refractivity contribution in [1.82, 2.24) is 40.2 Å². The average molecular weight is 923 g/mol. The van der Waals surface area contributed by atoms with Crippen LogP contribution in [0.25, 0.3) is 22.1 Å². The van der Waals surface area contributed by atoms with Gasteiger partial charge in [-0.25, -0.2) is 19.3 Å². The number of rotatable bonds is 15. The van der Waals surface area contributed by atoms with Crippen LogP contribution in [0.1, 0.15) is 160 Å². The molecular weight excluding hydrogens is 853 g/mol. The maximum absolute atomic E-state index is 13.6. The maximum atomic E-state index is 13.6. The second-order valence-electron chi connectivity index (χ2n) is 19.0. The molecule has 14 nitrogen and oxygen atoms in total. The lowest BCUT2D eigenvalue weighted by Crippen LogP contribution is -2.32. The average Bonchev–Trinajstić information content (AvgIpc) is 3.96. The fraction of sp³-hybridized carbons (Fsp3) is 0.481. The van der Waals surface area contributed by atoms with E-state index >= 15 is 0 Å². The molecule has 4 aromatic heterocycles. The smallest absolute Gasteiger partial charge is 0.255 e. The van der Waals surface area contributed by atoms with E-state index in [1.807, 2.05) is 49.2 Å². The largest absolute Gasteiger partial charge is 0.381 e. The third-order valence-corrected chi connectivity index (χ3v) is 14.2. The molecule has 8 rings (SSSR count).